The van der Waals surface area contributed by atoms with Gasteiger partial charge in [-0.25, -0.2) is 13.2 Å². The Morgan fingerprint density at radius 1 is 0.630 bits per heavy atom. The standard InChI is InChI=1S/C15H35F3O6Si3/c1-19-26(20-2,21-3)12-10-25(7,9-8-15(17,18)14-16)11-13-27(22-4,23-5)24-6/h8-14H2,1-7H3. The van der Waals surface area contributed by atoms with Crippen molar-refractivity contribution in [3.05, 3.63) is 0 Å². The van der Waals surface area contributed by atoms with Crippen molar-refractivity contribution < 1.29 is 39.7 Å². The van der Waals surface area contributed by atoms with Crippen molar-refractivity contribution in [2.45, 2.75) is 49.1 Å². The lowest BCUT2D eigenvalue weighted by atomic mass is 10.3. The highest BCUT2D eigenvalue weighted by Gasteiger charge is 2.45. The molecule has 0 radical (unpaired) electrons. The first-order valence-electron chi connectivity index (χ1n) is 8.79. The molecule has 0 aromatic carbocycles. The molecule has 0 N–H and O–H groups in total. The molecule has 0 atom stereocenters. The van der Waals surface area contributed by atoms with Gasteiger partial charge in [-0.15, -0.1) is 0 Å². The van der Waals surface area contributed by atoms with Crippen molar-refractivity contribution in [3.8, 4) is 0 Å². The predicted octanol–water partition coefficient (Wildman–Crippen LogP) is 3.82. The van der Waals surface area contributed by atoms with Gasteiger partial charge < -0.3 is 26.6 Å². The molecule has 12 heteroatoms. The molecule has 0 spiro atoms. The van der Waals surface area contributed by atoms with Crippen molar-refractivity contribution in [3.63, 3.8) is 0 Å². The molecular formula is C15H35F3O6Si3. The number of halogens is 3. The van der Waals surface area contributed by atoms with Crippen molar-refractivity contribution >= 4 is 25.7 Å². The molecule has 0 aromatic heterocycles. The van der Waals surface area contributed by atoms with Gasteiger partial charge in [-0.1, -0.05) is 24.7 Å². The van der Waals surface area contributed by atoms with E-state index >= 15 is 0 Å². The van der Waals surface area contributed by atoms with E-state index in [4.69, 9.17) is 26.6 Å². The molecule has 0 bridgehead atoms. The molecule has 27 heavy (non-hydrogen) atoms. The summed E-state index contributed by atoms with van der Waals surface area (Å²) in [6.07, 6.45) is -0.477. The number of alkyl halides is 3. The maximum Gasteiger partial charge on any atom is 0.499 e. The SMILES string of the molecule is CO[Si](CC[Si](C)(CCC(F)(F)CF)CC[Si](OC)(OC)OC)(OC)OC. The van der Waals surface area contributed by atoms with Gasteiger partial charge in [-0.2, -0.15) is 0 Å². The average Bonchev–Trinajstić information content (AvgIpc) is 2.70. The number of hydrogen-bond acceptors (Lipinski definition) is 6. The van der Waals surface area contributed by atoms with E-state index in [1.54, 1.807) is 0 Å². The topological polar surface area (TPSA) is 55.4 Å². The van der Waals surface area contributed by atoms with Crippen LogP contribution in [-0.2, 0) is 26.6 Å². The summed E-state index contributed by atoms with van der Waals surface area (Å²) in [5, 5.41) is 0. The molecule has 0 amide bonds. The summed E-state index contributed by atoms with van der Waals surface area (Å²) in [6.45, 7) is 0.388. The molecule has 0 aliphatic rings. The van der Waals surface area contributed by atoms with E-state index in [1.807, 2.05) is 6.55 Å². The van der Waals surface area contributed by atoms with Crippen LogP contribution < -0.4 is 0 Å². The van der Waals surface area contributed by atoms with E-state index < -0.39 is 44.7 Å². The maximum absolute atomic E-state index is 13.5. The Kier molecular flexibility index (Phi) is 12.1. The second-order valence-electron chi connectivity index (χ2n) is 6.89. The Bertz CT molecular complexity index is 372. The van der Waals surface area contributed by atoms with Crippen LogP contribution in [-0.4, -0.2) is 80.9 Å². The summed E-state index contributed by atoms with van der Waals surface area (Å²) in [5.41, 5.74) is 0. The number of rotatable bonds is 16. The zero-order valence-corrected chi connectivity index (χ0v) is 20.5. The maximum atomic E-state index is 13.5. The molecule has 164 valence electrons. The van der Waals surface area contributed by atoms with Crippen LogP contribution >= 0.6 is 0 Å². The van der Waals surface area contributed by atoms with Crippen LogP contribution in [0.15, 0.2) is 0 Å². The summed E-state index contributed by atoms with van der Waals surface area (Å²) in [7, 11) is 1.24. The van der Waals surface area contributed by atoms with E-state index in [2.05, 4.69) is 0 Å². The highest BCUT2D eigenvalue weighted by atomic mass is 28.4. The van der Waals surface area contributed by atoms with Gasteiger partial charge in [0.1, 0.15) is 0 Å². The zero-order valence-electron chi connectivity index (χ0n) is 17.5. The van der Waals surface area contributed by atoms with Crippen LogP contribution in [0.1, 0.15) is 6.42 Å². The third-order valence-electron chi connectivity index (χ3n) is 5.23. The largest absolute Gasteiger partial charge is 0.499 e. The normalized spacial score (nSPS) is 14.0. The quantitative estimate of drug-likeness (QED) is 0.332. The summed E-state index contributed by atoms with van der Waals surface area (Å²) < 4.78 is 72.4. The second-order valence-corrected chi connectivity index (χ2v) is 18.2. The third kappa shape index (κ3) is 8.62. The molecule has 0 unspecified atom stereocenters. The molecule has 0 aliphatic carbocycles. The summed E-state index contributed by atoms with van der Waals surface area (Å²) >= 11 is 0. The monoisotopic (exact) mass is 452 g/mol. The van der Waals surface area contributed by atoms with E-state index in [0.717, 1.165) is 0 Å². The van der Waals surface area contributed by atoms with E-state index in [-0.39, 0.29) is 6.04 Å². The van der Waals surface area contributed by atoms with Crippen LogP contribution in [0, 0.1) is 0 Å². The van der Waals surface area contributed by atoms with Gasteiger partial charge in [-0.05, 0) is 0 Å². The van der Waals surface area contributed by atoms with Gasteiger partial charge in [-0.3, -0.25) is 0 Å². The van der Waals surface area contributed by atoms with Crippen LogP contribution in [0.25, 0.3) is 0 Å². The van der Waals surface area contributed by atoms with Crippen LogP contribution in [0.4, 0.5) is 13.2 Å². The first kappa shape index (κ1) is 27.2. The van der Waals surface area contributed by atoms with Crippen LogP contribution in [0.3, 0.4) is 0 Å². The highest BCUT2D eigenvalue weighted by Crippen LogP contribution is 2.35. The zero-order chi connectivity index (χ0) is 21.2. The second kappa shape index (κ2) is 12.0. The van der Waals surface area contributed by atoms with Gasteiger partial charge in [0.05, 0.1) is 8.07 Å². The first-order valence-corrected chi connectivity index (χ1v) is 15.8. The summed E-state index contributed by atoms with van der Waals surface area (Å²) in [4.78, 5) is 0. The summed E-state index contributed by atoms with van der Waals surface area (Å²) in [5.74, 6) is -3.30. The molecule has 0 aromatic rings. The Labute approximate surface area is 164 Å². The van der Waals surface area contributed by atoms with Crippen LogP contribution in [0.5, 0.6) is 0 Å². The Hall–Kier alpha value is 0.201. The van der Waals surface area contributed by atoms with Crippen molar-refractivity contribution in [1.29, 1.82) is 0 Å². The lowest BCUT2D eigenvalue weighted by molar-refractivity contribution is -0.0258. The van der Waals surface area contributed by atoms with E-state index in [1.165, 1.54) is 42.7 Å². The molecular weight excluding hydrogens is 417 g/mol. The minimum atomic E-state index is -3.30. The Morgan fingerprint density at radius 3 is 1.22 bits per heavy atom. The molecule has 0 saturated carbocycles. The minimum absolute atomic E-state index is 0.271. The predicted molar refractivity (Wildman–Crippen MR) is 105 cm³/mol. The van der Waals surface area contributed by atoms with Gasteiger partial charge in [0, 0.05) is 61.2 Å². The fraction of sp³-hybridized carbons (Fsp3) is 1.00. The fourth-order valence-corrected chi connectivity index (χ4v) is 14.2. The van der Waals surface area contributed by atoms with Crippen molar-refractivity contribution in [2.75, 3.05) is 49.3 Å². The first-order chi connectivity index (χ1) is 12.5. The molecule has 0 aliphatic heterocycles. The fourth-order valence-electron chi connectivity index (χ4n) is 2.95. The molecule has 0 rings (SSSR count). The molecule has 0 heterocycles. The lowest BCUT2D eigenvalue weighted by Crippen LogP contribution is -2.47. The Morgan fingerprint density at radius 2 is 0.963 bits per heavy atom. The summed E-state index contributed by atoms with van der Waals surface area (Å²) in [6, 6.07) is 2.61. The van der Waals surface area contributed by atoms with E-state index in [9.17, 15) is 13.2 Å². The molecule has 0 fully saturated rings. The smallest absolute Gasteiger partial charge is 0.377 e. The van der Waals surface area contributed by atoms with Crippen molar-refractivity contribution in [2.24, 2.45) is 0 Å². The van der Waals surface area contributed by atoms with Crippen LogP contribution in [0.2, 0.25) is 36.8 Å². The van der Waals surface area contributed by atoms with Gasteiger partial charge >= 0.3 is 17.6 Å². The van der Waals surface area contributed by atoms with Gasteiger partial charge in [0.2, 0.25) is 0 Å². The van der Waals surface area contributed by atoms with Crippen molar-refractivity contribution in [1.82, 2.24) is 0 Å². The van der Waals surface area contributed by atoms with Gasteiger partial charge in [0.25, 0.3) is 5.92 Å². The average molecular weight is 453 g/mol. The molecule has 6 nitrogen and oxygen atoms in total. The third-order valence-corrected chi connectivity index (χ3v) is 16.1. The highest BCUT2D eigenvalue weighted by molar-refractivity contribution is 6.81. The van der Waals surface area contributed by atoms with E-state index in [0.29, 0.717) is 24.2 Å². The molecule has 0 saturated heterocycles. The lowest BCUT2D eigenvalue weighted by Gasteiger charge is -2.34. The minimum Gasteiger partial charge on any atom is -0.377 e. The number of hydrogen-bond donors (Lipinski definition) is 0. The Balaban J connectivity index is 5.30. The van der Waals surface area contributed by atoms with Gasteiger partial charge in [0.15, 0.2) is 6.67 Å².